The van der Waals surface area contributed by atoms with Crippen LogP contribution in [0.1, 0.15) is 6.42 Å². The quantitative estimate of drug-likeness (QED) is 0.430. The molecular formula is C15H24N2O5S2. The number of aliphatic carboxylic acids is 1. The summed E-state index contributed by atoms with van der Waals surface area (Å²) < 4.78 is 6.15. The highest BCUT2D eigenvalue weighted by Crippen LogP contribution is 2.51. The summed E-state index contributed by atoms with van der Waals surface area (Å²) in [5, 5.41) is 20.5. The summed E-state index contributed by atoms with van der Waals surface area (Å²) in [6.07, 6.45) is 0.402. The SMILES string of the molecule is C[N+]1(CCSC2SC3[C@@H](CCO)C(=O)N3C2C(=O)[O-])CCOCC1. The Kier molecular flexibility index (Phi) is 5.65. The first-order valence-electron chi connectivity index (χ1n) is 8.29. The minimum absolute atomic E-state index is 0.0486. The Labute approximate surface area is 150 Å². The van der Waals surface area contributed by atoms with E-state index in [1.807, 2.05) is 0 Å². The molecule has 3 unspecified atom stereocenters. The predicted octanol–water partition coefficient (Wildman–Crippen LogP) is -1.45. The van der Waals surface area contributed by atoms with Crippen molar-refractivity contribution >= 4 is 35.4 Å². The van der Waals surface area contributed by atoms with E-state index in [-0.39, 0.29) is 28.4 Å². The van der Waals surface area contributed by atoms with Crippen molar-refractivity contribution in [1.29, 1.82) is 0 Å². The Hall–Kier alpha value is -0.480. The third-order valence-corrected chi connectivity index (χ3v) is 8.27. The number of β-lactam (4-membered cyclic amide) rings is 1. The normalized spacial score (nSPS) is 34.8. The van der Waals surface area contributed by atoms with E-state index >= 15 is 0 Å². The van der Waals surface area contributed by atoms with Gasteiger partial charge in [-0.15, -0.1) is 23.5 Å². The van der Waals surface area contributed by atoms with Crippen LogP contribution in [0.4, 0.5) is 0 Å². The number of morpholine rings is 1. The Morgan fingerprint density at radius 2 is 2.21 bits per heavy atom. The summed E-state index contributed by atoms with van der Waals surface area (Å²) >= 11 is 3.15. The van der Waals surface area contributed by atoms with Gasteiger partial charge in [-0.2, -0.15) is 0 Å². The molecule has 3 aliphatic heterocycles. The number of hydrogen-bond acceptors (Lipinski definition) is 7. The fourth-order valence-electron chi connectivity index (χ4n) is 3.51. The summed E-state index contributed by atoms with van der Waals surface area (Å²) in [7, 11) is 2.20. The lowest BCUT2D eigenvalue weighted by Gasteiger charge is -2.44. The van der Waals surface area contributed by atoms with Crippen molar-refractivity contribution in [2.75, 3.05) is 52.3 Å². The van der Waals surface area contributed by atoms with Crippen molar-refractivity contribution < 1.29 is 29.0 Å². The van der Waals surface area contributed by atoms with Crippen molar-refractivity contribution in [3.8, 4) is 0 Å². The molecule has 0 bridgehead atoms. The van der Waals surface area contributed by atoms with Crippen LogP contribution in [0.15, 0.2) is 0 Å². The van der Waals surface area contributed by atoms with Crippen LogP contribution in [-0.2, 0) is 14.3 Å². The molecule has 0 spiro atoms. The number of carboxylic acid groups (broad SMARTS) is 1. The topological polar surface area (TPSA) is 89.9 Å². The Morgan fingerprint density at radius 1 is 1.50 bits per heavy atom. The van der Waals surface area contributed by atoms with Gasteiger partial charge in [0.05, 0.1) is 54.7 Å². The van der Waals surface area contributed by atoms with Crippen LogP contribution in [0.25, 0.3) is 0 Å². The van der Waals surface area contributed by atoms with Gasteiger partial charge in [0.15, 0.2) is 0 Å². The Balaban J connectivity index is 1.56. The second-order valence-electron chi connectivity index (χ2n) is 6.80. The average molecular weight is 377 g/mol. The van der Waals surface area contributed by atoms with E-state index in [0.717, 1.165) is 43.1 Å². The minimum Gasteiger partial charge on any atom is -0.548 e. The largest absolute Gasteiger partial charge is 0.548 e. The van der Waals surface area contributed by atoms with E-state index in [2.05, 4.69) is 7.05 Å². The standard InChI is InChI=1S/C15H24N2O5S2/c1-17(3-7-22-8-4-17)5-9-23-15-11(14(20)21)16-12(19)10(2-6-18)13(16)24-15/h10-11,13,15,18H,2-9H2,1H3/t10-,11?,13?,15?/m0/s1. The van der Waals surface area contributed by atoms with Gasteiger partial charge in [0.2, 0.25) is 5.91 Å². The molecule has 0 aromatic carbocycles. The first-order chi connectivity index (χ1) is 11.5. The van der Waals surface area contributed by atoms with Crippen LogP contribution in [0.2, 0.25) is 0 Å². The van der Waals surface area contributed by atoms with Crippen LogP contribution in [0.3, 0.4) is 0 Å². The molecule has 0 radical (unpaired) electrons. The predicted molar refractivity (Wildman–Crippen MR) is 90.1 cm³/mol. The fourth-order valence-corrected chi connectivity index (χ4v) is 7.13. The van der Waals surface area contributed by atoms with Crippen molar-refractivity contribution in [3.63, 3.8) is 0 Å². The van der Waals surface area contributed by atoms with Gasteiger partial charge in [0, 0.05) is 12.4 Å². The molecule has 0 saturated carbocycles. The number of quaternary nitrogens is 1. The smallest absolute Gasteiger partial charge is 0.230 e. The summed E-state index contributed by atoms with van der Waals surface area (Å²) in [4.78, 5) is 25.1. The maximum Gasteiger partial charge on any atom is 0.230 e. The van der Waals surface area contributed by atoms with Gasteiger partial charge in [-0.05, 0) is 6.42 Å². The number of nitrogens with zero attached hydrogens (tertiary/aromatic N) is 2. The molecule has 24 heavy (non-hydrogen) atoms. The van der Waals surface area contributed by atoms with E-state index < -0.39 is 12.0 Å². The van der Waals surface area contributed by atoms with Gasteiger partial charge in [0.25, 0.3) is 0 Å². The second-order valence-corrected chi connectivity index (χ2v) is 9.61. The molecule has 1 N–H and O–H groups in total. The maximum absolute atomic E-state index is 12.1. The lowest BCUT2D eigenvalue weighted by Crippen LogP contribution is -2.63. The van der Waals surface area contributed by atoms with Gasteiger partial charge >= 0.3 is 0 Å². The highest BCUT2D eigenvalue weighted by atomic mass is 32.2. The first kappa shape index (κ1) is 18.3. The van der Waals surface area contributed by atoms with Gasteiger partial charge in [0.1, 0.15) is 13.1 Å². The summed E-state index contributed by atoms with van der Waals surface area (Å²) in [6, 6.07) is -0.859. The Morgan fingerprint density at radius 3 is 2.83 bits per heavy atom. The van der Waals surface area contributed by atoms with E-state index in [0.29, 0.717) is 6.42 Å². The minimum atomic E-state index is -1.18. The average Bonchev–Trinajstić information content (AvgIpc) is 2.88. The molecule has 3 aliphatic rings. The number of rotatable bonds is 7. The molecule has 4 atom stereocenters. The number of likely N-dealkylation sites (N-methyl/N-ethyl adjacent to an activating group) is 1. The lowest BCUT2D eigenvalue weighted by molar-refractivity contribution is -0.914. The molecule has 3 fully saturated rings. The zero-order chi connectivity index (χ0) is 17.3. The van der Waals surface area contributed by atoms with E-state index in [1.165, 1.54) is 16.7 Å². The number of aliphatic hydroxyl groups is 1. The van der Waals surface area contributed by atoms with E-state index in [1.54, 1.807) is 11.8 Å². The number of fused-ring (bicyclic) bond motifs is 1. The van der Waals surface area contributed by atoms with Crippen molar-refractivity contribution in [1.82, 2.24) is 4.90 Å². The number of carbonyl (C=O) groups is 2. The molecule has 9 heteroatoms. The fraction of sp³-hybridized carbons (Fsp3) is 0.867. The van der Waals surface area contributed by atoms with Gasteiger partial charge in [-0.1, -0.05) is 0 Å². The lowest BCUT2D eigenvalue weighted by atomic mass is 9.93. The summed E-state index contributed by atoms with van der Waals surface area (Å²) in [5.74, 6) is -0.746. The summed E-state index contributed by atoms with van der Waals surface area (Å²) in [6.45, 7) is 4.42. The zero-order valence-electron chi connectivity index (χ0n) is 13.8. The van der Waals surface area contributed by atoms with E-state index in [9.17, 15) is 14.7 Å². The zero-order valence-corrected chi connectivity index (χ0v) is 15.4. The number of carbonyl (C=O) groups excluding carboxylic acids is 2. The monoisotopic (exact) mass is 376 g/mol. The van der Waals surface area contributed by atoms with Crippen LogP contribution in [0, 0.1) is 5.92 Å². The number of ether oxygens (including phenoxy) is 1. The first-order valence-corrected chi connectivity index (χ1v) is 10.3. The van der Waals surface area contributed by atoms with Gasteiger partial charge in [-0.25, -0.2) is 0 Å². The molecule has 3 saturated heterocycles. The molecule has 0 aliphatic carbocycles. The van der Waals surface area contributed by atoms with Gasteiger partial charge in [-0.3, -0.25) is 4.79 Å². The van der Waals surface area contributed by atoms with Crippen LogP contribution < -0.4 is 5.11 Å². The number of aliphatic hydroxyl groups excluding tert-OH is 1. The van der Waals surface area contributed by atoms with Crippen molar-refractivity contribution in [3.05, 3.63) is 0 Å². The second kappa shape index (κ2) is 7.41. The van der Waals surface area contributed by atoms with Crippen molar-refractivity contribution in [2.24, 2.45) is 5.92 Å². The molecule has 3 rings (SSSR count). The molecule has 136 valence electrons. The van der Waals surface area contributed by atoms with Crippen LogP contribution >= 0.6 is 23.5 Å². The molecule has 0 aromatic rings. The molecular weight excluding hydrogens is 352 g/mol. The van der Waals surface area contributed by atoms with Crippen LogP contribution in [0.5, 0.6) is 0 Å². The number of amides is 1. The Bertz CT molecular complexity index is 500. The third kappa shape index (κ3) is 3.41. The molecule has 1 amide bonds. The van der Waals surface area contributed by atoms with Gasteiger partial charge < -0.3 is 29.1 Å². The third-order valence-electron chi connectivity index (χ3n) is 5.17. The summed E-state index contributed by atoms with van der Waals surface area (Å²) in [5.41, 5.74) is 0. The molecule has 7 nitrogen and oxygen atoms in total. The van der Waals surface area contributed by atoms with E-state index in [4.69, 9.17) is 9.84 Å². The highest BCUT2D eigenvalue weighted by molar-refractivity contribution is 8.17. The van der Waals surface area contributed by atoms with Crippen molar-refractivity contribution in [2.45, 2.75) is 22.4 Å². The molecule has 3 heterocycles. The number of hydrogen-bond donors (Lipinski definition) is 1. The maximum atomic E-state index is 12.1. The number of thioether (sulfide) groups is 2. The van der Waals surface area contributed by atoms with Crippen LogP contribution in [-0.4, -0.2) is 94.6 Å². The number of carboxylic acids is 1. The molecule has 0 aromatic heterocycles. The highest BCUT2D eigenvalue weighted by Gasteiger charge is 2.58.